The molecule has 0 aliphatic heterocycles. The minimum absolute atomic E-state index is 0.220. The van der Waals surface area contributed by atoms with Gasteiger partial charge in [0.15, 0.2) is 5.43 Å². The molecule has 2 aromatic carbocycles. The zero-order valence-electron chi connectivity index (χ0n) is 13.2. The number of aryl methyl sites for hydroxylation is 1. The van der Waals surface area contributed by atoms with Gasteiger partial charge in [0.05, 0.1) is 5.69 Å². The van der Waals surface area contributed by atoms with Gasteiger partial charge in [-0.25, -0.2) is 8.78 Å². The van der Waals surface area contributed by atoms with Gasteiger partial charge in [0.25, 0.3) is 0 Å². The molecule has 1 aromatic heterocycles. The van der Waals surface area contributed by atoms with Crippen LogP contribution in [-0.4, -0.2) is 4.98 Å². The molecule has 0 spiro atoms. The Kier molecular flexibility index (Phi) is 3.76. The van der Waals surface area contributed by atoms with Crippen LogP contribution >= 0.6 is 0 Å². The van der Waals surface area contributed by atoms with Crippen LogP contribution in [0, 0.1) is 18.6 Å². The molecule has 0 aliphatic carbocycles. The highest BCUT2D eigenvalue weighted by Gasteiger charge is 2.13. The predicted octanol–water partition coefficient (Wildman–Crippen LogP) is 4.91. The second-order valence-electron chi connectivity index (χ2n) is 6.08. The van der Waals surface area contributed by atoms with Gasteiger partial charge in [0.2, 0.25) is 0 Å². The van der Waals surface area contributed by atoms with Gasteiger partial charge < -0.3 is 4.98 Å². The molecule has 0 atom stereocenters. The summed E-state index contributed by atoms with van der Waals surface area (Å²) in [5.74, 6) is -0.632. The molecule has 2 nitrogen and oxygen atoms in total. The molecule has 0 unspecified atom stereocenters. The third kappa shape index (κ3) is 2.77. The van der Waals surface area contributed by atoms with Crippen molar-refractivity contribution in [1.29, 1.82) is 0 Å². The number of hydrogen-bond acceptors (Lipinski definition) is 1. The van der Waals surface area contributed by atoms with E-state index in [4.69, 9.17) is 0 Å². The van der Waals surface area contributed by atoms with Crippen LogP contribution in [0.4, 0.5) is 8.78 Å². The summed E-state index contributed by atoms with van der Waals surface area (Å²) < 4.78 is 27.8. The van der Waals surface area contributed by atoms with Crippen LogP contribution in [-0.2, 0) is 0 Å². The fourth-order valence-electron chi connectivity index (χ4n) is 2.89. The van der Waals surface area contributed by atoms with Crippen LogP contribution in [0.5, 0.6) is 0 Å². The van der Waals surface area contributed by atoms with E-state index >= 15 is 0 Å². The molecule has 0 bridgehead atoms. The number of benzene rings is 2. The lowest BCUT2D eigenvalue weighted by atomic mass is 9.94. The van der Waals surface area contributed by atoms with Crippen molar-refractivity contribution in [3.05, 3.63) is 69.4 Å². The van der Waals surface area contributed by atoms with Crippen LogP contribution in [0.25, 0.3) is 22.2 Å². The van der Waals surface area contributed by atoms with E-state index in [0.717, 1.165) is 11.1 Å². The molecule has 0 radical (unpaired) electrons. The third-order valence-electron chi connectivity index (χ3n) is 4.06. The lowest BCUT2D eigenvalue weighted by Crippen LogP contribution is -2.05. The van der Waals surface area contributed by atoms with E-state index in [0.29, 0.717) is 16.8 Å². The average molecular weight is 313 g/mol. The average Bonchev–Trinajstić information content (AvgIpc) is 2.49. The Balaban J connectivity index is 2.23. The Morgan fingerprint density at radius 1 is 1.04 bits per heavy atom. The molecule has 0 amide bonds. The number of pyridine rings is 1. The number of fused-ring (bicyclic) bond motifs is 1. The van der Waals surface area contributed by atoms with Crippen molar-refractivity contribution in [3.8, 4) is 11.3 Å². The van der Waals surface area contributed by atoms with E-state index in [9.17, 15) is 13.6 Å². The molecule has 1 heterocycles. The van der Waals surface area contributed by atoms with Crippen LogP contribution in [0.2, 0.25) is 0 Å². The summed E-state index contributed by atoms with van der Waals surface area (Å²) in [5.41, 5.74) is 2.80. The van der Waals surface area contributed by atoms with Gasteiger partial charge >= 0.3 is 0 Å². The van der Waals surface area contributed by atoms with Crippen LogP contribution in [0.3, 0.4) is 0 Å². The topological polar surface area (TPSA) is 32.9 Å². The zero-order chi connectivity index (χ0) is 16.7. The largest absolute Gasteiger partial charge is 0.354 e. The molecule has 118 valence electrons. The van der Waals surface area contributed by atoms with Crippen molar-refractivity contribution < 1.29 is 8.78 Å². The number of halogens is 2. The van der Waals surface area contributed by atoms with Crippen molar-refractivity contribution in [2.45, 2.75) is 26.7 Å². The zero-order valence-corrected chi connectivity index (χ0v) is 13.2. The Morgan fingerprint density at radius 2 is 1.78 bits per heavy atom. The third-order valence-corrected chi connectivity index (χ3v) is 4.06. The van der Waals surface area contributed by atoms with Crippen molar-refractivity contribution in [2.75, 3.05) is 0 Å². The molecule has 0 aliphatic rings. The second kappa shape index (κ2) is 5.61. The number of hydrogen-bond donors (Lipinski definition) is 1. The molecule has 0 saturated heterocycles. The van der Waals surface area contributed by atoms with Crippen LogP contribution < -0.4 is 5.43 Å². The molecular formula is C19H17F2NO. The molecule has 0 fully saturated rings. The first kappa shape index (κ1) is 15.4. The van der Waals surface area contributed by atoms with Gasteiger partial charge in [-0.3, -0.25) is 4.79 Å². The summed E-state index contributed by atoms with van der Waals surface area (Å²) in [6.45, 7) is 5.94. The van der Waals surface area contributed by atoms with Crippen LogP contribution in [0.15, 0.2) is 41.2 Å². The highest BCUT2D eigenvalue weighted by molar-refractivity contribution is 5.81. The number of aromatic nitrogens is 1. The summed E-state index contributed by atoms with van der Waals surface area (Å²) in [5, 5.41) is 0.254. The van der Waals surface area contributed by atoms with E-state index in [1.54, 1.807) is 6.07 Å². The SMILES string of the molecule is Cc1cc(-c2cc(=O)c3cc(F)ccc3[nH]2)c(F)cc1C(C)C. The Morgan fingerprint density at radius 3 is 2.48 bits per heavy atom. The van der Waals surface area contributed by atoms with Crippen molar-refractivity contribution in [3.63, 3.8) is 0 Å². The quantitative estimate of drug-likeness (QED) is 0.717. The van der Waals surface area contributed by atoms with Gasteiger partial charge in [-0.2, -0.15) is 0 Å². The van der Waals surface area contributed by atoms with Crippen molar-refractivity contribution in [2.24, 2.45) is 0 Å². The number of H-pyrrole nitrogens is 1. The second-order valence-corrected chi connectivity index (χ2v) is 6.08. The standard InChI is InChI=1S/C19H17F2NO/c1-10(2)13-8-16(21)14(6-11(13)3)18-9-19(23)15-7-12(20)4-5-17(15)22-18/h4-10H,1-3H3,(H,22,23). The summed E-state index contributed by atoms with van der Waals surface area (Å²) in [4.78, 5) is 15.2. The summed E-state index contributed by atoms with van der Waals surface area (Å²) in [6.07, 6.45) is 0. The number of aromatic amines is 1. The van der Waals surface area contributed by atoms with Gasteiger partial charge in [-0.05, 0) is 54.3 Å². The first-order chi connectivity index (χ1) is 10.9. The van der Waals surface area contributed by atoms with E-state index in [1.807, 2.05) is 20.8 Å². The highest BCUT2D eigenvalue weighted by Crippen LogP contribution is 2.28. The normalized spacial score (nSPS) is 11.4. The maximum absolute atomic E-state index is 14.5. The maximum atomic E-state index is 14.5. The first-order valence-corrected chi connectivity index (χ1v) is 7.50. The Hall–Kier alpha value is -2.49. The fourth-order valence-corrected chi connectivity index (χ4v) is 2.89. The smallest absolute Gasteiger partial charge is 0.190 e. The minimum atomic E-state index is -0.473. The highest BCUT2D eigenvalue weighted by atomic mass is 19.1. The van der Waals surface area contributed by atoms with Gasteiger partial charge in [0.1, 0.15) is 11.6 Å². The van der Waals surface area contributed by atoms with Gasteiger partial charge in [0, 0.05) is 22.5 Å². The van der Waals surface area contributed by atoms with E-state index in [2.05, 4.69) is 4.98 Å². The van der Waals surface area contributed by atoms with Crippen molar-refractivity contribution >= 4 is 10.9 Å². The molecule has 4 heteroatoms. The minimum Gasteiger partial charge on any atom is -0.354 e. The number of rotatable bonds is 2. The molecule has 1 N–H and O–H groups in total. The summed E-state index contributed by atoms with van der Waals surface area (Å²) in [6, 6.07) is 8.51. The van der Waals surface area contributed by atoms with Gasteiger partial charge in [-0.15, -0.1) is 0 Å². The molecule has 3 aromatic rings. The van der Waals surface area contributed by atoms with E-state index in [1.165, 1.54) is 30.3 Å². The lowest BCUT2D eigenvalue weighted by molar-refractivity contribution is 0.625. The molecular weight excluding hydrogens is 296 g/mol. The van der Waals surface area contributed by atoms with E-state index in [-0.39, 0.29) is 22.6 Å². The Bertz CT molecular complexity index is 957. The van der Waals surface area contributed by atoms with Crippen LogP contribution in [0.1, 0.15) is 30.9 Å². The van der Waals surface area contributed by atoms with E-state index < -0.39 is 5.82 Å². The predicted molar refractivity (Wildman–Crippen MR) is 88.7 cm³/mol. The molecule has 23 heavy (non-hydrogen) atoms. The van der Waals surface area contributed by atoms with Gasteiger partial charge in [-0.1, -0.05) is 13.8 Å². The fraction of sp³-hybridized carbons (Fsp3) is 0.211. The maximum Gasteiger partial charge on any atom is 0.190 e. The molecule has 0 saturated carbocycles. The molecule has 3 rings (SSSR count). The Labute approximate surface area is 132 Å². The van der Waals surface area contributed by atoms with Crippen molar-refractivity contribution in [1.82, 2.24) is 4.98 Å². The number of nitrogens with one attached hydrogen (secondary N) is 1. The monoisotopic (exact) mass is 313 g/mol. The first-order valence-electron chi connectivity index (χ1n) is 7.50. The summed E-state index contributed by atoms with van der Waals surface area (Å²) in [7, 11) is 0. The summed E-state index contributed by atoms with van der Waals surface area (Å²) >= 11 is 0. The lowest BCUT2D eigenvalue weighted by Gasteiger charge is -2.13.